The van der Waals surface area contributed by atoms with Crippen LogP contribution in [0.2, 0.25) is 0 Å². The number of hydrogen-bond acceptors (Lipinski definition) is 3. The Morgan fingerprint density at radius 1 is 1.16 bits per heavy atom. The molecule has 0 aromatic heterocycles. The fraction of sp³-hybridized carbons (Fsp3) is 0.600. The number of rotatable bonds is 4. The first-order chi connectivity index (χ1) is 9.30. The molecule has 1 radical (unpaired) electrons. The van der Waals surface area contributed by atoms with E-state index >= 15 is 0 Å². The summed E-state index contributed by atoms with van der Waals surface area (Å²) >= 11 is 0. The fourth-order valence-electron chi connectivity index (χ4n) is 3.21. The van der Waals surface area contributed by atoms with Gasteiger partial charge in [-0.3, -0.25) is 4.90 Å². The van der Waals surface area contributed by atoms with Gasteiger partial charge in [-0.15, -0.1) is 0 Å². The number of benzene rings is 1. The Labute approximate surface area is 114 Å². The van der Waals surface area contributed by atoms with E-state index in [-0.39, 0.29) is 0 Å². The average molecular weight is 261 g/mol. The first-order valence-electron chi connectivity index (χ1n) is 6.86. The molecule has 4 heteroatoms. The summed E-state index contributed by atoms with van der Waals surface area (Å²) in [7, 11) is 3.40. The second kappa shape index (κ2) is 5.39. The minimum absolute atomic E-state index is 0.782. The Balaban J connectivity index is 1.69. The van der Waals surface area contributed by atoms with E-state index in [4.69, 9.17) is 9.47 Å². The van der Waals surface area contributed by atoms with Crippen molar-refractivity contribution in [2.75, 3.05) is 40.4 Å². The van der Waals surface area contributed by atoms with Crippen molar-refractivity contribution >= 4 is 0 Å². The number of methoxy groups -OCH3 is 2. The van der Waals surface area contributed by atoms with Gasteiger partial charge < -0.3 is 9.47 Å². The van der Waals surface area contributed by atoms with Crippen LogP contribution in [-0.4, -0.2) is 45.3 Å². The van der Waals surface area contributed by atoms with Gasteiger partial charge in [-0.1, -0.05) is 6.07 Å². The molecule has 3 rings (SSSR count). The third-order valence-corrected chi connectivity index (χ3v) is 4.27. The molecule has 2 atom stereocenters. The molecule has 103 valence electrons. The van der Waals surface area contributed by atoms with Crippen molar-refractivity contribution in [3.63, 3.8) is 0 Å². The Kier molecular flexibility index (Phi) is 3.62. The van der Waals surface area contributed by atoms with E-state index in [0.29, 0.717) is 0 Å². The summed E-state index contributed by atoms with van der Waals surface area (Å²) in [5, 5.41) is 4.50. The molecular weight excluding hydrogens is 240 g/mol. The van der Waals surface area contributed by atoms with E-state index in [1.54, 1.807) is 14.2 Å². The van der Waals surface area contributed by atoms with Crippen LogP contribution >= 0.6 is 0 Å². The Morgan fingerprint density at radius 3 is 2.53 bits per heavy atom. The van der Waals surface area contributed by atoms with Crippen LogP contribution in [0, 0.1) is 11.8 Å². The quantitative estimate of drug-likeness (QED) is 0.821. The molecule has 0 spiro atoms. The zero-order valence-corrected chi connectivity index (χ0v) is 11.6. The first kappa shape index (κ1) is 12.8. The lowest BCUT2D eigenvalue weighted by Gasteiger charge is -2.19. The van der Waals surface area contributed by atoms with Gasteiger partial charge in [0, 0.05) is 44.4 Å². The van der Waals surface area contributed by atoms with Gasteiger partial charge in [0.2, 0.25) is 0 Å². The molecule has 0 saturated carbocycles. The number of hydrogen-bond donors (Lipinski definition) is 0. The summed E-state index contributed by atoms with van der Waals surface area (Å²) in [4.78, 5) is 2.52. The van der Waals surface area contributed by atoms with E-state index in [1.165, 1.54) is 18.7 Å². The first-order valence-corrected chi connectivity index (χ1v) is 6.86. The van der Waals surface area contributed by atoms with E-state index in [2.05, 4.69) is 16.3 Å². The molecule has 1 aromatic rings. The van der Waals surface area contributed by atoms with Crippen molar-refractivity contribution in [3.8, 4) is 11.5 Å². The van der Waals surface area contributed by atoms with Crippen molar-refractivity contribution in [3.05, 3.63) is 23.8 Å². The molecule has 1 aromatic carbocycles. The Hall–Kier alpha value is -1.26. The zero-order chi connectivity index (χ0) is 13.2. The smallest absolute Gasteiger partial charge is 0.127 e. The van der Waals surface area contributed by atoms with Gasteiger partial charge in [0.15, 0.2) is 0 Å². The third-order valence-electron chi connectivity index (χ3n) is 4.27. The van der Waals surface area contributed by atoms with E-state index in [1.807, 2.05) is 12.1 Å². The lowest BCUT2D eigenvalue weighted by atomic mass is 10.0. The predicted octanol–water partition coefficient (Wildman–Crippen LogP) is 1.37. The largest absolute Gasteiger partial charge is 0.497 e. The maximum atomic E-state index is 5.47. The van der Waals surface area contributed by atoms with Crippen LogP contribution in [0.5, 0.6) is 11.5 Å². The van der Waals surface area contributed by atoms with E-state index in [9.17, 15) is 0 Å². The molecule has 2 unspecified atom stereocenters. The van der Waals surface area contributed by atoms with Crippen molar-refractivity contribution in [2.45, 2.75) is 6.54 Å². The molecule has 0 N–H and O–H groups in total. The summed E-state index contributed by atoms with van der Waals surface area (Å²) in [5.74, 6) is 3.33. The van der Waals surface area contributed by atoms with Crippen LogP contribution in [0.3, 0.4) is 0 Å². The van der Waals surface area contributed by atoms with Crippen LogP contribution in [0.25, 0.3) is 0 Å². The van der Waals surface area contributed by atoms with Gasteiger partial charge in [0.05, 0.1) is 14.2 Å². The number of ether oxygens (including phenoxy) is 2. The van der Waals surface area contributed by atoms with Crippen molar-refractivity contribution in [1.82, 2.24) is 10.2 Å². The molecule has 2 aliphatic heterocycles. The monoisotopic (exact) mass is 261 g/mol. The summed E-state index contributed by atoms with van der Waals surface area (Å²) < 4.78 is 10.7. The van der Waals surface area contributed by atoms with Crippen LogP contribution in [0.4, 0.5) is 0 Å². The molecule has 4 nitrogen and oxygen atoms in total. The highest BCUT2D eigenvalue weighted by Crippen LogP contribution is 2.31. The van der Waals surface area contributed by atoms with Gasteiger partial charge >= 0.3 is 0 Å². The normalized spacial score (nSPS) is 26.4. The highest BCUT2D eigenvalue weighted by Gasteiger charge is 2.36. The van der Waals surface area contributed by atoms with Crippen molar-refractivity contribution in [1.29, 1.82) is 0 Å². The van der Waals surface area contributed by atoms with Gasteiger partial charge in [0.25, 0.3) is 0 Å². The molecule has 2 saturated heterocycles. The summed E-state index contributed by atoms with van der Waals surface area (Å²) in [5.41, 5.74) is 1.24. The zero-order valence-electron chi connectivity index (χ0n) is 11.6. The molecule has 2 aliphatic rings. The standard InChI is InChI=1S/C15H21N2O2/c1-18-14-4-3-11(15(5-14)19-2)8-17-9-12-6-16-7-13(12)10-17/h3-5,12-13H,6-10H2,1-2H3. The topological polar surface area (TPSA) is 35.8 Å². The lowest BCUT2D eigenvalue weighted by molar-refractivity contribution is 0.297. The van der Waals surface area contributed by atoms with Crippen LogP contribution in [-0.2, 0) is 6.54 Å². The SMILES string of the molecule is COc1ccc(CN2CC3C[N]CC3C2)c(OC)c1. The number of nitrogens with zero attached hydrogens (tertiary/aromatic N) is 2. The van der Waals surface area contributed by atoms with E-state index < -0.39 is 0 Å². The minimum atomic E-state index is 0.782. The summed E-state index contributed by atoms with van der Waals surface area (Å²) in [6.45, 7) is 5.41. The number of likely N-dealkylation sites (tertiary alicyclic amines) is 1. The number of fused-ring (bicyclic) bond motifs is 1. The maximum Gasteiger partial charge on any atom is 0.127 e. The lowest BCUT2D eigenvalue weighted by Crippen LogP contribution is -2.24. The highest BCUT2D eigenvalue weighted by molar-refractivity contribution is 5.40. The second-order valence-corrected chi connectivity index (χ2v) is 5.48. The molecule has 19 heavy (non-hydrogen) atoms. The van der Waals surface area contributed by atoms with Crippen molar-refractivity contribution in [2.24, 2.45) is 11.8 Å². The second-order valence-electron chi connectivity index (χ2n) is 5.48. The minimum Gasteiger partial charge on any atom is -0.497 e. The van der Waals surface area contributed by atoms with Gasteiger partial charge in [0.1, 0.15) is 11.5 Å². The third kappa shape index (κ3) is 2.55. The molecule has 2 heterocycles. The highest BCUT2D eigenvalue weighted by atomic mass is 16.5. The molecule has 0 amide bonds. The predicted molar refractivity (Wildman–Crippen MR) is 73.7 cm³/mol. The van der Waals surface area contributed by atoms with Crippen molar-refractivity contribution < 1.29 is 9.47 Å². The molecule has 2 fully saturated rings. The Morgan fingerprint density at radius 2 is 1.89 bits per heavy atom. The fourth-order valence-corrected chi connectivity index (χ4v) is 3.21. The van der Waals surface area contributed by atoms with Crippen LogP contribution < -0.4 is 14.8 Å². The van der Waals surface area contributed by atoms with E-state index in [0.717, 1.165) is 43.0 Å². The van der Waals surface area contributed by atoms with Gasteiger partial charge in [-0.2, -0.15) is 0 Å². The van der Waals surface area contributed by atoms with Crippen LogP contribution in [0.15, 0.2) is 18.2 Å². The maximum absolute atomic E-state index is 5.47. The van der Waals surface area contributed by atoms with Gasteiger partial charge in [-0.05, 0) is 17.9 Å². The van der Waals surface area contributed by atoms with Crippen LogP contribution in [0.1, 0.15) is 5.56 Å². The summed E-state index contributed by atoms with van der Waals surface area (Å²) in [6.07, 6.45) is 0. The average Bonchev–Trinajstić information content (AvgIpc) is 3.00. The summed E-state index contributed by atoms with van der Waals surface area (Å²) in [6, 6.07) is 6.07. The molecule has 0 aliphatic carbocycles. The molecular formula is C15H21N2O2. The van der Waals surface area contributed by atoms with Gasteiger partial charge in [-0.25, -0.2) is 5.32 Å². The Bertz CT molecular complexity index is 438. The molecule has 0 bridgehead atoms.